The highest BCUT2D eigenvalue weighted by molar-refractivity contribution is 6.35. The van der Waals surface area contributed by atoms with E-state index in [1.54, 1.807) is 25.1 Å². The topological polar surface area (TPSA) is 92.6 Å². The molecule has 3 amide bonds. The standard InChI is InChI=1S/C17H13Cl2N3O4/c1-17(13-6-5-11(18)8-14(13)19)15(23)21(16(24)20-17)9-10-3-2-4-12(7-10)22(25)26/h2-8H,9H2,1H3,(H,20,24)/t17-/m0/s1. The number of rotatable bonds is 4. The first-order chi connectivity index (χ1) is 12.2. The molecule has 0 aliphatic carbocycles. The lowest BCUT2D eigenvalue weighted by molar-refractivity contribution is -0.384. The van der Waals surface area contributed by atoms with E-state index in [4.69, 9.17) is 23.2 Å². The SMILES string of the molecule is C[C@@]1(c2ccc(Cl)cc2Cl)NC(=O)N(Cc2cccc([N+](=O)[O-])c2)C1=O. The Hall–Kier alpha value is -2.64. The fourth-order valence-electron chi connectivity index (χ4n) is 2.87. The van der Waals surface area contributed by atoms with Crippen molar-refractivity contribution >= 4 is 40.8 Å². The third-order valence-electron chi connectivity index (χ3n) is 4.21. The Morgan fingerprint density at radius 3 is 2.58 bits per heavy atom. The molecule has 1 N–H and O–H groups in total. The van der Waals surface area contributed by atoms with Gasteiger partial charge in [-0.3, -0.25) is 19.8 Å². The van der Waals surface area contributed by atoms with Crippen LogP contribution in [-0.4, -0.2) is 21.8 Å². The number of hydrogen-bond acceptors (Lipinski definition) is 4. The lowest BCUT2D eigenvalue weighted by Crippen LogP contribution is -2.41. The normalized spacial score (nSPS) is 19.6. The number of imide groups is 1. The predicted octanol–water partition coefficient (Wildman–Crippen LogP) is 3.87. The van der Waals surface area contributed by atoms with E-state index in [2.05, 4.69) is 5.32 Å². The van der Waals surface area contributed by atoms with Crippen LogP contribution >= 0.6 is 23.2 Å². The first-order valence-electron chi connectivity index (χ1n) is 7.55. The van der Waals surface area contributed by atoms with E-state index < -0.39 is 22.4 Å². The summed E-state index contributed by atoms with van der Waals surface area (Å²) in [7, 11) is 0. The lowest BCUT2D eigenvalue weighted by Gasteiger charge is -2.23. The highest BCUT2D eigenvalue weighted by Gasteiger charge is 2.49. The van der Waals surface area contributed by atoms with Crippen LogP contribution in [0.2, 0.25) is 10.0 Å². The lowest BCUT2D eigenvalue weighted by atomic mass is 9.92. The van der Waals surface area contributed by atoms with Gasteiger partial charge in [0, 0.05) is 27.7 Å². The number of carbonyl (C=O) groups is 2. The van der Waals surface area contributed by atoms with E-state index in [0.717, 1.165) is 4.90 Å². The molecule has 0 saturated carbocycles. The van der Waals surface area contributed by atoms with Crippen molar-refractivity contribution in [3.63, 3.8) is 0 Å². The van der Waals surface area contributed by atoms with E-state index in [9.17, 15) is 19.7 Å². The fourth-order valence-corrected chi connectivity index (χ4v) is 3.47. The van der Waals surface area contributed by atoms with Gasteiger partial charge in [-0.05, 0) is 24.6 Å². The van der Waals surface area contributed by atoms with Crippen molar-refractivity contribution in [2.45, 2.75) is 19.0 Å². The molecule has 7 nitrogen and oxygen atoms in total. The number of halogens is 2. The third-order valence-corrected chi connectivity index (χ3v) is 4.75. The van der Waals surface area contributed by atoms with Crippen LogP contribution in [-0.2, 0) is 16.9 Å². The molecule has 134 valence electrons. The summed E-state index contributed by atoms with van der Waals surface area (Å²) in [5, 5.41) is 14.2. The average molecular weight is 394 g/mol. The van der Waals surface area contributed by atoms with Gasteiger partial charge in [-0.2, -0.15) is 0 Å². The molecule has 9 heteroatoms. The number of amides is 3. The summed E-state index contributed by atoms with van der Waals surface area (Å²) in [6, 6.07) is 9.83. The zero-order valence-corrected chi connectivity index (χ0v) is 15.0. The Bertz CT molecular complexity index is 934. The van der Waals surface area contributed by atoms with E-state index in [0.29, 0.717) is 16.1 Å². The second-order valence-corrected chi connectivity index (χ2v) is 6.84. The summed E-state index contributed by atoms with van der Waals surface area (Å²) in [4.78, 5) is 36.6. The van der Waals surface area contributed by atoms with E-state index in [-0.39, 0.29) is 17.3 Å². The van der Waals surface area contributed by atoms with Crippen molar-refractivity contribution in [3.05, 3.63) is 73.8 Å². The second kappa shape index (κ2) is 6.59. The molecule has 2 aromatic carbocycles. The van der Waals surface area contributed by atoms with Crippen molar-refractivity contribution in [2.75, 3.05) is 0 Å². The molecule has 0 spiro atoms. The van der Waals surface area contributed by atoms with Gasteiger partial charge in [0.1, 0.15) is 5.54 Å². The minimum absolute atomic E-state index is 0.0901. The Labute approximate surface area is 158 Å². The molecular formula is C17H13Cl2N3O4. The quantitative estimate of drug-likeness (QED) is 0.484. The molecule has 1 atom stereocenters. The predicted molar refractivity (Wildman–Crippen MR) is 96.0 cm³/mol. The first kappa shape index (κ1) is 18.2. The number of hydrogen-bond donors (Lipinski definition) is 1. The summed E-state index contributed by atoms with van der Waals surface area (Å²) < 4.78 is 0. The Morgan fingerprint density at radius 2 is 1.92 bits per heavy atom. The van der Waals surface area contributed by atoms with Crippen molar-refractivity contribution in [3.8, 4) is 0 Å². The largest absolute Gasteiger partial charge is 0.325 e. The van der Waals surface area contributed by atoms with Gasteiger partial charge in [0.15, 0.2) is 0 Å². The van der Waals surface area contributed by atoms with Crippen LogP contribution in [0.5, 0.6) is 0 Å². The molecule has 1 aliphatic heterocycles. The Morgan fingerprint density at radius 1 is 1.19 bits per heavy atom. The van der Waals surface area contributed by atoms with Crippen LogP contribution in [0.3, 0.4) is 0 Å². The molecule has 2 aromatic rings. The molecule has 0 unspecified atom stereocenters. The number of benzene rings is 2. The van der Waals surface area contributed by atoms with Crippen LogP contribution in [0, 0.1) is 10.1 Å². The molecule has 0 aromatic heterocycles. The van der Waals surface area contributed by atoms with Gasteiger partial charge in [-0.15, -0.1) is 0 Å². The number of nitro groups is 1. The van der Waals surface area contributed by atoms with Gasteiger partial charge < -0.3 is 5.32 Å². The summed E-state index contributed by atoms with van der Waals surface area (Å²) in [5.74, 6) is -0.502. The van der Waals surface area contributed by atoms with Crippen molar-refractivity contribution < 1.29 is 14.5 Å². The number of nitrogens with one attached hydrogen (secondary N) is 1. The van der Waals surface area contributed by atoms with E-state index in [1.165, 1.54) is 24.3 Å². The van der Waals surface area contributed by atoms with Crippen LogP contribution < -0.4 is 5.32 Å². The molecule has 1 saturated heterocycles. The summed E-state index contributed by atoms with van der Waals surface area (Å²) in [6.45, 7) is 1.46. The number of nitrogens with zero attached hydrogens (tertiary/aromatic N) is 2. The van der Waals surface area contributed by atoms with E-state index >= 15 is 0 Å². The van der Waals surface area contributed by atoms with E-state index in [1.807, 2.05) is 0 Å². The Kier molecular flexibility index (Phi) is 4.60. The fraction of sp³-hybridized carbons (Fsp3) is 0.176. The van der Waals surface area contributed by atoms with Crippen LogP contribution in [0.25, 0.3) is 0 Å². The van der Waals surface area contributed by atoms with Crippen molar-refractivity contribution in [2.24, 2.45) is 0 Å². The summed E-state index contributed by atoms with van der Waals surface area (Å²) in [5.41, 5.74) is -0.574. The molecule has 1 fully saturated rings. The van der Waals surface area contributed by atoms with Crippen LogP contribution in [0.1, 0.15) is 18.1 Å². The maximum Gasteiger partial charge on any atom is 0.325 e. The van der Waals surface area contributed by atoms with Crippen LogP contribution in [0.15, 0.2) is 42.5 Å². The molecule has 3 rings (SSSR count). The number of urea groups is 1. The highest BCUT2D eigenvalue weighted by atomic mass is 35.5. The maximum atomic E-state index is 12.9. The van der Waals surface area contributed by atoms with Gasteiger partial charge in [0.25, 0.3) is 11.6 Å². The minimum atomic E-state index is -1.35. The number of non-ortho nitro benzene ring substituents is 1. The molecule has 1 heterocycles. The van der Waals surface area contributed by atoms with Gasteiger partial charge in [-0.25, -0.2) is 4.79 Å². The zero-order chi connectivity index (χ0) is 19.1. The van der Waals surface area contributed by atoms with Crippen molar-refractivity contribution in [1.29, 1.82) is 0 Å². The first-order valence-corrected chi connectivity index (χ1v) is 8.31. The zero-order valence-electron chi connectivity index (χ0n) is 13.5. The Balaban J connectivity index is 1.91. The molecule has 0 radical (unpaired) electrons. The molecule has 0 bridgehead atoms. The second-order valence-electron chi connectivity index (χ2n) is 6.00. The van der Waals surface area contributed by atoms with Crippen LogP contribution in [0.4, 0.5) is 10.5 Å². The van der Waals surface area contributed by atoms with Crippen molar-refractivity contribution in [1.82, 2.24) is 10.2 Å². The average Bonchev–Trinajstić information content (AvgIpc) is 2.79. The maximum absolute atomic E-state index is 12.9. The van der Waals surface area contributed by atoms with Gasteiger partial charge in [0.05, 0.1) is 11.5 Å². The molecule has 1 aliphatic rings. The van der Waals surface area contributed by atoms with Gasteiger partial charge >= 0.3 is 6.03 Å². The molecular weight excluding hydrogens is 381 g/mol. The summed E-state index contributed by atoms with van der Waals surface area (Å²) in [6.07, 6.45) is 0. The number of nitro benzene ring substituents is 1. The molecule has 26 heavy (non-hydrogen) atoms. The highest BCUT2D eigenvalue weighted by Crippen LogP contribution is 2.35. The van der Waals surface area contributed by atoms with Gasteiger partial charge in [-0.1, -0.05) is 41.4 Å². The monoisotopic (exact) mass is 393 g/mol. The van der Waals surface area contributed by atoms with Gasteiger partial charge in [0.2, 0.25) is 0 Å². The third kappa shape index (κ3) is 3.11. The summed E-state index contributed by atoms with van der Waals surface area (Å²) >= 11 is 12.1. The number of carbonyl (C=O) groups excluding carboxylic acids is 2. The minimum Gasteiger partial charge on any atom is -0.319 e. The smallest absolute Gasteiger partial charge is 0.319 e.